The number of hydrogen-bond acceptors (Lipinski definition) is 0. The summed E-state index contributed by atoms with van der Waals surface area (Å²) in [4.78, 5) is 0. The SMILES string of the molecule is CC1=C(C)[CH2][Ge]2([CH2]1)[CH2]C(C)=C(C)[CH2]2. The molecule has 0 saturated heterocycles. The number of hydrogen-bond donors (Lipinski definition) is 0. The summed E-state index contributed by atoms with van der Waals surface area (Å²) < 4.78 is 0. The Labute approximate surface area is 84.5 Å². The second-order valence-electron chi connectivity index (χ2n) is 5.33. The molecule has 0 bridgehead atoms. The third-order valence-corrected chi connectivity index (χ3v) is 14.8. The Bertz CT molecular complexity index is 244. The first-order valence-electron chi connectivity index (χ1n) is 5.33. The minimum atomic E-state index is -1.39. The van der Waals surface area contributed by atoms with Gasteiger partial charge < -0.3 is 0 Å². The van der Waals surface area contributed by atoms with Crippen LogP contribution >= 0.6 is 0 Å². The number of allylic oxidation sites excluding steroid dienone is 4. The summed E-state index contributed by atoms with van der Waals surface area (Å²) in [5.41, 5.74) is 6.95. The van der Waals surface area contributed by atoms with Gasteiger partial charge in [0.2, 0.25) is 0 Å². The summed E-state index contributed by atoms with van der Waals surface area (Å²) in [6.45, 7) is 9.44. The van der Waals surface area contributed by atoms with Gasteiger partial charge in [-0.3, -0.25) is 0 Å². The Morgan fingerprint density at radius 1 is 0.615 bits per heavy atom. The molecule has 2 aliphatic rings. The summed E-state index contributed by atoms with van der Waals surface area (Å²) in [6.07, 6.45) is 0. The van der Waals surface area contributed by atoms with E-state index in [9.17, 15) is 0 Å². The molecule has 0 aliphatic carbocycles. The van der Waals surface area contributed by atoms with Crippen LogP contribution in [0.1, 0.15) is 27.7 Å². The molecule has 1 spiro atoms. The van der Waals surface area contributed by atoms with Crippen LogP contribution in [0.4, 0.5) is 0 Å². The Morgan fingerprint density at radius 2 is 0.846 bits per heavy atom. The predicted octanol–water partition coefficient (Wildman–Crippen LogP) is 4.14. The molecule has 0 radical (unpaired) electrons. The first-order valence-corrected chi connectivity index (χ1v) is 11.3. The van der Waals surface area contributed by atoms with E-state index in [2.05, 4.69) is 27.7 Å². The van der Waals surface area contributed by atoms with Gasteiger partial charge in [0.1, 0.15) is 0 Å². The van der Waals surface area contributed by atoms with E-state index in [0.29, 0.717) is 0 Å². The second kappa shape index (κ2) is 3.01. The van der Waals surface area contributed by atoms with Crippen molar-refractivity contribution in [3.8, 4) is 0 Å². The Balaban J connectivity index is 2.16. The fraction of sp³-hybridized carbons (Fsp3) is 0.667. The van der Waals surface area contributed by atoms with Crippen molar-refractivity contribution in [2.24, 2.45) is 0 Å². The summed E-state index contributed by atoms with van der Waals surface area (Å²) in [6, 6.07) is 0. The third-order valence-electron chi connectivity index (χ3n) is 4.02. The molecule has 0 aromatic carbocycles. The van der Waals surface area contributed by atoms with Gasteiger partial charge in [0.15, 0.2) is 0 Å². The summed E-state index contributed by atoms with van der Waals surface area (Å²) in [5, 5.41) is 6.17. The van der Waals surface area contributed by atoms with Gasteiger partial charge >= 0.3 is 84.3 Å². The fourth-order valence-corrected chi connectivity index (χ4v) is 16.8. The minimum absolute atomic E-state index is 1.39. The van der Waals surface area contributed by atoms with Crippen molar-refractivity contribution in [1.29, 1.82) is 0 Å². The molecule has 0 unspecified atom stereocenters. The van der Waals surface area contributed by atoms with Crippen LogP contribution in [0.25, 0.3) is 0 Å². The molecular formula is C12H20Ge. The Kier molecular flexibility index (Phi) is 2.22. The quantitative estimate of drug-likeness (QED) is 0.438. The maximum absolute atomic E-state index is 2.36. The van der Waals surface area contributed by atoms with E-state index in [4.69, 9.17) is 0 Å². The van der Waals surface area contributed by atoms with Crippen LogP contribution in [0.15, 0.2) is 22.3 Å². The number of rotatable bonds is 0. The van der Waals surface area contributed by atoms with Crippen LogP contribution in [-0.4, -0.2) is 13.3 Å². The standard InChI is InChI=1S/C12H20Ge/c1-9-5-13(6-10(9)2)7-11(3)12(4)8-13/h5-8H2,1-4H3. The molecule has 0 nitrogen and oxygen atoms in total. The van der Waals surface area contributed by atoms with Crippen molar-refractivity contribution in [2.45, 2.75) is 48.7 Å². The summed E-state index contributed by atoms with van der Waals surface area (Å²) in [5.74, 6) is 0. The summed E-state index contributed by atoms with van der Waals surface area (Å²) >= 11 is -1.39. The molecule has 2 heterocycles. The van der Waals surface area contributed by atoms with E-state index in [1.165, 1.54) is 0 Å². The normalized spacial score (nSPS) is 26.8. The molecule has 0 aromatic rings. The Hall–Kier alpha value is 0.0229. The monoisotopic (exact) mass is 238 g/mol. The van der Waals surface area contributed by atoms with Gasteiger partial charge in [0, 0.05) is 0 Å². The van der Waals surface area contributed by atoms with Crippen molar-refractivity contribution in [3.05, 3.63) is 22.3 Å². The molecule has 13 heavy (non-hydrogen) atoms. The fourth-order valence-electron chi connectivity index (χ4n) is 3.23. The first-order chi connectivity index (χ1) is 6.02. The van der Waals surface area contributed by atoms with E-state index < -0.39 is 13.3 Å². The molecule has 2 rings (SSSR count). The van der Waals surface area contributed by atoms with E-state index in [1.54, 1.807) is 43.3 Å². The van der Waals surface area contributed by atoms with Crippen LogP contribution in [0, 0.1) is 0 Å². The molecular weight excluding hydrogens is 217 g/mol. The van der Waals surface area contributed by atoms with E-state index in [0.717, 1.165) is 0 Å². The van der Waals surface area contributed by atoms with Crippen molar-refractivity contribution in [3.63, 3.8) is 0 Å². The third kappa shape index (κ3) is 1.54. The van der Waals surface area contributed by atoms with Crippen molar-refractivity contribution in [1.82, 2.24) is 0 Å². The van der Waals surface area contributed by atoms with E-state index in [-0.39, 0.29) is 0 Å². The van der Waals surface area contributed by atoms with Crippen LogP contribution < -0.4 is 0 Å². The summed E-state index contributed by atoms with van der Waals surface area (Å²) in [7, 11) is 0. The molecule has 0 saturated carbocycles. The van der Waals surface area contributed by atoms with Gasteiger partial charge in [-0.15, -0.1) is 0 Å². The average Bonchev–Trinajstić information content (AvgIpc) is 2.39. The first kappa shape index (κ1) is 9.57. The predicted molar refractivity (Wildman–Crippen MR) is 61.7 cm³/mol. The van der Waals surface area contributed by atoms with Crippen LogP contribution in [-0.2, 0) is 0 Å². The molecule has 0 aromatic heterocycles. The molecule has 0 N–H and O–H groups in total. The molecule has 1 heteroatoms. The van der Waals surface area contributed by atoms with Crippen molar-refractivity contribution >= 4 is 13.3 Å². The maximum atomic E-state index is 2.36. The van der Waals surface area contributed by atoms with E-state index in [1.807, 2.05) is 0 Å². The molecule has 0 fully saturated rings. The van der Waals surface area contributed by atoms with Crippen LogP contribution in [0.3, 0.4) is 0 Å². The van der Waals surface area contributed by atoms with Gasteiger partial charge in [0.25, 0.3) is 0 Å². The molecule has 2 aliphatic heterocycles. The van der Waals surface area contributed by atoms with Crippen molar-refractivity contribution < 1.29 is 0 Å². The van der Waals surface area contributed by atoms with Gasteiger partial charge in [-0.2, -0.15) is 0 Å². The molecule has 72 valence electrons. The topological polar surface area (TPSA) is 0 Å². The van der Waals surface area contributed by atoms with Gasteiger partial charge in [0.05, 0.1) is 0 Å². The zero-order chi connectivity index (χ0) is 9.64. The zero-order valence-corrected chi connectivity index (χ0v) is 11.4. The van der Waals surface area contributed by atoms with E-state index >= 15 is 0 Å². The van der Waals surface area contributed by atoms with Crippen LogP contribution in [0.2, 0.25) is 21.0 Å². The molecule has 0 amide bonds. The van der Waals surface area contributed by atoms with Crippen LogP contribution in [0.5, 0.6) is 0 Å². The second-order valence-corrected chi connectivity index (χ2v) is 14.6. The van der Waals surface area contributed by atoms with Gasteiger partial charge in [-0.1, -0.05) is 0 Å². The Morgan fingerprint density at radius 3 is 1.08 bits per heavy atom. The van der Waals surface area contributed by atoms with Gasteiger partial charge in [-0.25, -0.2) is 0 Å². The van der Waals surface area contributed by atoms with Crippen molar-refractivity contribution in [2.75, 3.05) is 0 Å². The van der Waals surface area contributed by atoms with Gasteiger partial charge in [-0.05, 0) is 0 Å². The zero-order valence-electron chi connectivity index (χ0n) is 9.33. The molecule has 0 atom stereocenters. The average molecular weight is 237 g/mol.